The highest BCUT2D eigenvalue weighted by molar-refractivity contribution is 6.14. The fourth-order valence-corrected chi connectivity index (χ4v) is 6.64. The van der Waals surface area contributed by atoms with E-state index in [2.05, 4.69) is 140 Å². The molecule has 1 aliphatic rings. The normalized spacial score (nSPS) is 15.9. The maximum absolute atomic E-state index is 2.60. The molecule has 7 rings (SSSR count). The molecular weight excluding hydrogens is 438 g/mol. The second-order valence-electron chi connectivity index (χ2n) is 11.5. The van der Waals surface area contributed by atoms with E-state index in [4.69, 9.17) is 0 Å². The summed E-state index contributed by atoms with van der Waals surface area (Å²) in [5.41, 5.74) is 10.3. The van der Waals surface area contributed by atoms with E-state index in [0.29, 0.717) is 0 Å². The molecular formula is C33H32N3+. The lowest BCUT2D eigenvalue weighted by Gasteiger charge is -2.43. The number of hydrogen-bond donors (Lipinski definition) is 0. The monoisotopic (exact) mass is 470 g/mol. The van der Waals surface area contributed by atoms with Crippen molar-refractivity contribution >= 4 is 27.3 Å². The third-order valence-electron chi connectivity index (χ3n) is 9.20. The number of pyridine rings is 1. The van der Waals surface area contributed by atoms with E-state index in [-0.39, 0.29) is 10.8 Å². The van der Waals surface area contributed by atoms with Gasteiger partial charge in [0.1, 0.15) is 5.52 Å². The van der Waals surface area contributed by atoms with Gasteiger partial charge in [0.25, 0.3) is 5.65 Å². The third-order valence-corrected chi connectivity index (χ3v) is 9.20. The molecule has 0 radical (unpaired) electrons. The first-order valence-corrected chi connectivity index (χ1v) is 12.9. The SMILES string of the molecule is Cc1cccc2c3cc(-n4cccc4)cc4c3n3c(c(-c5ccccc5)[n+](C)c3c12)C(C)(C)C4(C)C. The Morgan fingerprint density at radius 1 is 0.750 bits per heavy atom. The fraction of sp³-hybridized carbons (Fsp3) is 0.242. The van der Waals surface area contributed by atoms with Gasteiger partial charge in [-0.1, -0.05) is 76.2 Å². The highest BCUT2D eigenvalue weighted by atomic mass is 15.1. The second-order valence-corrected chi connectivity index (χ2v) is 11.5. The van der Waals surface area contributed by atoms with E-state index in [0.717, 1.165) is 0 Å². The predicted molar refractivity (Wildman–Crippen MR) is 149 cm³/mol. The molecule has 3 nitrogen and oxygen atoms in total. The van der Waals surface area contributed by atoms with Gasteiger partial charge in [0, 0.05) is 50.8 Å². The number of aryl methyl sites for hydroxylation is 2. The Bertz CT molecular complexity index is 1830. The molecule has 3 aromatic heterocycles. The lowest BCUT2D eigenvalue weighted by Crippen LogP contribution is -2.44. The van der Waals surface area contributed by atoms with Crippen LogP contribution >= 0.6 is 0 Å². The molecule has 0 unspecified atom stereocenters. The van der Waals surface area contributed by atoms with Crippen LogP contribution in [0.5, 0.6) is 0 Å². The molecule has 0 bridgehead atoms. The van der Waals surface area contributed by atoms with Crippen LogP contribution in [0.1, 0.15) is 44.5 Å². The molecule has 6 aromatic rings. The van der Waals surface area contributed by atoms with E-state index in [1.807, 2.05) is 0 Å². The highest BCUT2D eigenvalue weighted by Crippen LogP contribution is 2.53. The van der Waals surface area contributed by atoms with E-state index in [9.17, 15) is 0 Å². The van der Waals surface area contributed by atoms with Crippen molar-refractivity contribution in [3.05, 3.63) is 102 Å². The molecule has 0 saturated heterocycles. The smallest absolute Gasteiger partial charge is 0.295 e. The zero-order valence-electron chi connectivity index (χ0n) is 21.9. The molecule has 4 heterocycles. The Morgan fingerprint density at radius 3 is 2.19 bits per heavy atom. The highest BCUT2D eigenvalue weighted by Gasteiger charge is 2.52. The van der Waals surface area contributed by atoms with E-state index < -0.39 is 0 Å². The van der Waals surface area contributed by atoms with Crippen LogP contribution < -0.4 is 4.57 Å². The number of rotatable bonds is 2. The lowest BCUT2D eigenvalue weighted by atomic mass is 9.60. The number of nitrogens with zero attached hydrogens (tertiary/aromatic N) is 3. The molecule has 0 saturated carbocycles. The topological polar surface area (TPSA) is 13.2 Å². The summed E-state index contributed by atoms with van der Waals surface area (Å²) in [6, 6.07) is 26.7. The van der Waals surface area contributed by atoms with Gasteiger partial charge in [-0.05, 0) is 36.8 Å². The van der Waals surface area contributed by atoms with Crippen LogP contribution in [0.25, 0.3) is 44.3 Å². The van der Waals surface area contributed by atoms with Crippen molar-refractivity contribution < 1.29 is 4.57 Å². The molecule has 1 aliphatic heterocycles. The van der Waals surface area contributed by atoms with Gasteiger partial charge >= 0.3 is 0 Å². The summed E-state index contributed by atoms with van der Waals surface area (Å²) in [7, 11) is 2.25. The summed E-state index contributed by atoms with van der Waals surface area (Å²) in [4.78, 5) is 0. The Labute approximate surface area is 212 Å². The largest absolute Gasteiger partial charge is 0.324 e. The van der Waals surface area contributed by atoms with Gasteiger partial charge in [0.15, 0.2) is 11.4 Å². The quantitative estimate of drug-likeness (QED) is 0.185. The molecule has 0 aliphatic carbocycles. The van der Waals surface area contributed by atoms with Crippen molar-refractivity contribution in [2.45, 2.75) is 45.4 Å². The number of fused-ring (bicyclic) bond motifs is 3. The minimum atomic E-state index is -0.117. The zero-order valence-corrected chi connectivity index (χ0v) is 21.9. The van der Waals surface area contributed by atoms with Crippen molar-refractivity contribution in [3.8, 4) is 16.9 Å². The lowest BCUT2D eigenvalue weighted by molar-refractivity contribution is -0.632. The first-order valence-electron chi connectivity index (χ1n) is 12.9. The van der Waals surface area contributed by atoms with Gasteiger partial charge in [-0.2, -0.15) is 4.40 Å². The average Bonchev–Trinajstić information content (AvgIpc) is 3.50. The summed E-state index contributed by atoms with van der Waals surface area (Å²) < 4.78 is 7.30. The minimum absolute atomic E-state index is 0.0935. The Kier molecular flexibility index (Phi) is 4.10. The van der Waals surface area contributed by atoms with E-state index in [1.54, 1.807) is 0 Å². The number of imidazole rings is 1. The van der Waals surface area contributed by atoms with Gasteiger partial charge in [0.05, 0.1) is 12.4 Å². The van der Waals surface area contributed by atoms with Gasteiger partial charge in [-0.25, -0.2) is 4.57 Å². The van der Waals surface area contributed by atoms with Crippen molar-refractivity contribution in [2.24, 2.45) is 7.05 Å². The summed E-state index contributed by atoms with van der Waals surface area (Å²) >= 11 is 0. The second kappa shape index (κ2) is 6.88. The summed E-state index contributed by atoms with van der Waals surface area (Å²) in [5, 5.41) is 3.98. The van der Waals surface area contributed by atoms with Gasteiger partial charge in [-0.15, -0.1) is 0 Å². The maximum atomic E-state index is 2.60. The van der Waals surface area contributed by atoms with Crippen LogP contribution in [0, 0.1) is 6.92 Å². The van der Waals surface area contributed by atoms with E-state index in [1.165, 1.54) is 61.1 Å². The van der Waals surface area contributed by atoms with Gasteiger partial charge in [-0.3, -0.25) is 0 Å². The van der Waals surface area contributed by atoms with Crippen molar-refractivity contribution in [1.29, 1.82) is 0 Å². The fourth-order valence-electron chi connectivity index (χ4n) is 6.64. The molecule has 36 heavy (non-hydrogen) atoms. The minimum Gasteiger partial charge on any atom is -0.324 e. The molecule has 0 N–H and O–H groups in total. The molecule has 178 valence electrons. The Morgan fingerprint density at radius 2 is 1.47 bits per heavy atom. The molecule has 0 amide bonds. The first-order chi connectivity index (χ1) is 17.2. The average molecular weight is 471 g/mol. The molecule has 0 spiro atoms. The molecule has 3 heteroatoms. The van der Waals surface area contributed by atoms with Crippen molar-refractivity contribution in [1.82, 2.24) is 8.97 Å². The summed E-state index contributed by atoms with van der Waals surface area (Å²) in [6.45, 7) is 12.0. The molecule has 3 aromatic carbocycles. The van der Waals surface area contributed by atoms with Crippen molar-refractivity contribution in [2.75, 3.05) is 0 Å². The van der Waals surface area contributed by atoms with Gasteiger partial charge in [0.2, 0.25) is 0 Å². The number of hydrogen-bond acceptors (Lipinski definition) is 0. The van der Waals surface area contributed by atoms with Crippen LogP contribution in [-0.4, -0.2) is 8.97 Å². The summed E-state index contributed by atoms with van der Waals surface area (Å²) in [5.74, 6) is 0. The first kappa shape index (κ1) is 21.4. The molecule has 0 fully saturated rings. The Balaban J connectivity index is 1.83. The predicted octanol–water partition coefficient (Wildman–Crippen LogP) is 7.41. The maximum Gasteiger partial charge on any atom is 0.295 e. The number of aromatic nitrogens is 3. The van der Waals surface area contributed by atoms with Crippen LogP contribution in [0.3, 0.4) is 0 Å². The third kappa shape index (κ3) is 2.46. The Hall–Kier alpha value is -3.85. The van der Waals surface area contributed by atoms with Crippen LogP contribution in [0.15, 0.2) is 85.2 Å². The van der Waals surface area contributed by atoms with Gasteiger partial charge < -0.3 is 4.57 Å². The van der Waals surface area contributed by atoms with Crippen LogP contribution in [-0.2, 0) is 17.9 Å². The van der Waals surface area contributed by atoms with Crippen molar-refractivity contribution in [3.63, 3.8) is 0 Å². The van der Waals surface area contributed by atoms with Crippen LogP contribution in [0.2, 0.25) is 0 Å². The van der Waals surface area contributed by atoms with E-state index >= 15 is 0 Å². The molecule has 0 atom stereocenters. The zero-order chi connectivity index (χ0) is 25.0. The summed E-state index contributed by atoms with van der Waals surface area (Å²) in [6.07, 6.45) is 4.30. The standard InChI is InChI=1S/C33H32N3/c1-21-13-12-16-24-25-19-23(35-17-10-11-18-35)20-26-29(25)36-30(33(4,5)32(26,2)3)28(22-14-8-7-9-15-22)34(6)31(36)27(21)24/h7-20H,1-6H3/q+1. The number of benzene rings is 3. The van der Waals surface area contributed by atoms with Crippen LogP contribution in [0.4, 0.5) is 0 Å².